The minimum atomic E-state index is 0.144. The van der Waals surface area contributed by atoms with Crippen molar-refractivity contribution >= 4 is 5.91 Å². The number of amides is 1. The molecule has 0 aromatic heterocycles. The number of hydrogen-bond donors (Lipinski definition) is 2. The molecule has 0 saturated carbocycles. The van der Waals surface area contributed by atoms with Gasteiger partial charge in [0.05, 0.1) is 18.6 Å². The predicted octanol–water partition coefficient (Wildman–Crippen LogP) is -0.567. The molecule has 0 spiro atoms. The zero-order chi connectivity index (χ0) is 12.1. The molecule has 0 aliphatic carbocycles. The largest absolute Gasteiger partial charge is 0.374 e. The van der Waals surface area contributed by atoms with Crippen molar-refractivity contribution in [3.63, 3.8) is 0 Å². The quantitative estimate of drug-likeness (QED) is 0.695. The van der Waals surface area contributed by atoms with Gasteiger partial charge >= 0.3 is 0 Å². The lowest BCUT2D eigenvalue weighted by atomic mass is 9.99. The van der Waals surface area contributed by atoms with Crippen LogP contribution in [0.15, 0.2) is 0 Å². The van der Waals surface area contributed by atoms with E-state index >= 15 is 0 Å². The number of nitrogens with one attached hydrogen (secondary N) is 2. The van der Waals surface area contributed by atoms with Gasteiger partial charge in [-0.25, -0.2) is 0 Å². The van der Waals surface area contributed by atoms with Crippen LogP contribution in [-0.4, -0.2) is 63.3 Å². The molecule has 17 heavy (non-hydrogen) atoms. The van der Waals surface area contributed by atoms with Gasteiger partial charge in [0, 0.05) is 26.2 Å². The van der Waals surface area contributed by atoms with E-state index in [9.17, 15) is 4.79 Å². The molecular weight excluding hydrogens is 218 g/mol. The molecule has 2 N–H and O–H groups in total. The first-order valence-electron chi connectivity index (χ1n) is 6.54. The molecule has 2 atom stereocenters. The summed E-state index contributed by atoms with van der Waals surface area (Å²) in [6, 6.07) is 0. The molecule has 2 fully saturated rings. The minimum absolute atomic E-state index is 0.144. The Kier molecular flexibility index (Phi) is 4.76. The van der Waals surface area contributed by atoms with Crippen LogP contribution in [-0.2, 0) is 9.53 Å². The zero-order valence-electron chi connectivity index (χ0n) is 10.6. The van der Waals surface area contributed by atoms with Crippen LogP contribution in [0.3, 0.4) is 0 Å². The summed E-state index contributed by atoms with van der Waals surface area (Å²) in [5, 5.41) is 6.27. The fourth-order valence-corrected chi connectivity index (χ4v) is 2.42. The van der Waals surface area contributed by atoms with Crippen LogP contribution in [0.2, 0.25) is 0 Å². The zero-order valence-corrected chi connectivity index (χ0v) is 10.6. The number of piperidine rings is 1. The van der Waals surface area contributed by atoms with Gasteiger partial charge in [-0.15, -0.1) is 0 Å². The van der Waals surface area contributed by atoms with Gasteiger partial charge in [0.15, 0.2) is 0 Å². The highest BCUT2D eigenvalue weighted by Gasteiger charge is 2.23. The molecule has 1 amide bonds. The third-order valence-corrected chi connectivity index (χ3v) is 3.51. The summed E-state index contributed by atoms with van der Waals surface area (Å²) in [6.45, 7) is 5.15. The van der Waals surface area contributed by atoms with Crippen LogP contribution in [0.25, 0.3) is 0 Å². The monoisotopic (exact) mass is 241 g/mol. The highest BCUT2D eigenvalue weighted by Crippen LogP contribution is 2.10. The molecule has 1 unspecified atom stereocenters. The molecule has 0 radical (unpaired) electrons. The van der Waals surface area contributed by atoms with Gasteiger partial charge in [0.25, 0.3) is 0 Å². The molecule has 2 saturated heterocycles. The fourth-order valence-electron chi connectivity index (χ4n) is 2.42. The molecule has 5 heteroatoms. The normalized spacial score (nSPS) is 31.1. The molecule has 2 aliphatic heterocycles. The summed E-state index contributed by atoms with van der Waals surface area (Å²) < 4.78 is 5.61. The molecule has 98 valence electrons. The number of nitrogens with zero attached hydrogens (tertiary/aromatic N) is 1. The van der Waals surface area contributed by atoms with Crippen molar-refractivity contribution in [2.75, 3.05) is 46.4 Å². The van der Waals surface area contributed by atoms with E-state index in [1.165, 1.54) is 0 Å². The number of likely N-dealkylation sites (N-methyl/N-ethyl adjacent to an activating group) is 1. The highest BCUT2D eigenvalue weighted by molar-refractivity contribution is 5.78. The van der Waals surface area contributed by atoms with Crippen LogP contribution in [0.1, 0.15) is 12.8 Å². The van der Waals surface area contributed by atoms with Crippen molar-refractivity contribution in [1.29, 1.82) is 0 Å². The van der Waals surface area contributed by atoms with Gasteiger partial charge < -0.3 is 20.3 Å². The maximum Gasteiger partial charge on any atom is 0.224 e. The van der Waals surface area contributed by atoms with E-state index < -0.39 is 0 Å². The molecule has 5 nitrogen and oxygen atoms in total. The first-order chi connectivity index (χ1) is 8.25. The van der Waals surface area contributed by atoms with Crippen LogP contribution >= 0.6 is 0 Å². The van der Waals surface area contributed by atoms with Crippen molar-refractivity contribution in [3.05, 3.63) is 0 Å². The summed E-state index contributed by atoms with van der Waals surface area (Å²) in [5.41, 5.74) is 0. The second-order valence-corrected chi connectivity index (χ2v) is 5.04. The van der Waals surface area contributed by atoms with Gasteiger partial charge in [-0.05, 0) is 26.4 Å². The Morgan fingerprint density at radius 2 is 2.47 bits per heavy atom. The van der Waals surface area contributed by atoms with Gasteiger partial charge in [-0.2, -0.15) is 0 Å². The van der Waals surface area contributed by atoms with E-state index in [0.29, 0.717) is 6.54 Å². The average Bonchev–Trinajstić information content (AvgIpc) is 2.37. The van der Waals surface area contributed by atoms with Crippen molar-refractivity contribution in [1.82, 2.24) is 15.5 Å². The smallest absolute Gasteiger partial charge is 0.224 e. The van der Waals surface area contributed by atoms with Gasteiger partial charge in [-0.3, -0.25) is 4.79 Å². The van der Waals surface area contributed by atoms with Crippen LogP contribution in [0, 0.1) is 5.92 Å². The number of ether oxygens (including phenoxy) is 1. The maximum atomic E-state index is 11.9. The number of hydrogen-bond acceptors (Lipinski definition) is 4. The standard InChI is InChI=1S/C12H23N3O2/c1-15-5-6-17-11(9-15)8-14-12(16)10-3-2-4-13-7-10/h10-11,13H,2-9H2,1H3,(H,14,16)/t10-,11?/m1/s1. The Bertz CT molecular complexity index is 254. The van der Waals surface area contributed by atoms with Crippen molar-refractivity contribution in [2.24, 2.45) is 5.92 Å². The molecular formula is C12H23N3O2. The van der Waals surface area contributed by atoms with Crippen LogP contribution < -0.4 is 10.6 Å². The molecule has 2 heterocycles. The Balaban J connectivity index is 1.68. The van der Waals surface area contributed by atoms with E-state index in [-0.39, 0.29) is 17.9 Å². The van der Waals surface area contributed by atoms with E-state index in [2.05, 4.69) is 22.6 Å². The fraction of sp³-hybridized carbons (Fsp3) is 0.917. The topological polar surface area (TPSA) is 53.6 Å². The van der Waals surface area contributed by atoms with Crippen molar-refractivity contribution in [3.8, 4) is 0 Å². The second-order valence-electron chi connectivity index (χ2n) is 5.04. The van der Waals surface area contributed by atoms with Crippen LogP contribution in [0.4, 0.5) is 0 Å². The van der Waals surface area contributed by atoms with Crippen molar-refractivity contribution in [2.45, 2.75) is 18.9 Å². The van der Waals surface area contributed by atoms with Crippen molar-refractivity contribution < 1.29 is 9.53 Å². The Hall–Kier alpha value is -0.650. The number of rotatable bonds is 3. The minimum Gasteiger partial charge on any atom is -0.374 e. The summed E-state index contributed by atoms with van der Waals surface area (Å²) in [5.74, 6) is 0.319. The first kappa shape index (κ1) is 12.8. The summed E-state index contributed by atoms with van der Waals surface area (Å²) in [7, 11) is 2.09. The number of morpholine rings is 1. The Labute approximate surface area is 103 Å². The van der Waals surface area contributed by atoms with Crippen LogP contribution in [0.5, 0.6) is 0 Å². The van der Waals surface area contributed by atoms with E-state index in [0.717, 1.165) is 45.6 Å². The molecule has 0 aromatic rings. The molecule has 0 bridgehead atoms. The number of carbonyl (C=O) groups excluding carboxylic acids is 1. The second kappa shape index (κ2) is 6.33. The van der Waals surface area contributed by atoms with Gasteiger partial charge in [0.1, 0.15) is 0 Å². The molecule has 0 aromatic carbocycles. The number of carbonyl (C=O) groups is 1. The summed E-state index contributed by atoms with van der Waals surface area (Å²) >= 11 is 0. The third kappa shape index (κ3) is 3.94. The summed E-state index contributed by atoms with van der Waals surface area (Å²) in [6.07, 6.45) is 2.25. The predicted molar refractivity (Wildman–Crippen MR) is 65.8 cm³/mol. The SMILES string of the molecule is CN1CCOC(CNC(=O)[C@@H]2CCCNC2)C1. The maximum absolute atomic E-state index is 11.9. The summed E-state index contributed by atoms with van der Waals surface area (Å²) in [4.78, 5) is 14.1. The lowest BCUT2D eigenvalue weighted by Gasteiger charge is -2.30. The average molecular weight is 241 g/mol. The Morgan fingerprint density at radius 1 is 1.59 bits per heavy atom. The lowest BCUT2D eigenvalue weighted by Crippen LogP contribution is -2.48. The van der Waals surface area contributed by atoms with Gasteiger partial charge in [0.2, 0.25) is 5.91 Å². The van der Waals surface area contributed by atoms with E-state index in [4.69, 9.17) is 4.74 Å². The first-order valence-corrected chi connectivity index (χ1v) is 6.54. The molecule has 2 rings (SSSR count). The molecule has 2 aliphatic rings. The van der Waals surface area contributed by atoms with Gasteiger partial charge in [-0.1, -0.05) is 0 Å². The van der Waals surface area contributed by atoms with E-state index in [1.807, 2.05) is 0 Å². The highest BCUT2D eigenvalue weighted by atomic mass is 16.5. The Morgan fingerprint density at radius 3 is 3.18 bits per heavy atom. The lowest BCUT2D eigenvalue weighted by molar-refractivity contribution is -0.126. The third-order valence-electron chi connectivity index (χ3n) is 3.51. The van der Waals surface area contributed by atoms with E-state index in [1.54, 1.807) is 0 Å².